The van der Waals surface area contributed by atoms with Crippen LogP contribution in [-0.4, -0.2) is 61.2 Å². The van der Waals surface area contributed by atoms with Crippen LogP contribution in [0.3, 0.4) is 0 Å². The van der Waals surface area contributed by atoms with E-state index < -0.39 is 61.2 Å². The third-order valence-corrected chi connectivity index (χ3v) is 4.43. The predicted octanol–water partition coefficient (Wildman–Crippen LogP) is 0.892. The average molecular weight is 474 g/mol. The molecule has 12 heteroatoms. The van der Waals surface area contributed by atoms with Crippen LogP contribution in [0.15, 0.2) is 18.2 Å². The summed E-state index contributed by atoms with van der Waals surface area (Å²) in [6.07, 6.45) is -6.75. The van der Waals surface area contributed by atoms with Gasteiger partial charge in [-0.3, -0.25) is 19.2 Å². The maximum atomic E-state index is 11.8. The molecule has 1 saturated heterocycles. The molecule has 0 aromatic heterocycles. The summed E-state index contributed by atoms with van der Waals surface area (Å²) in [7, 11) is 0. The first kappa shape index (κ1) is 26.1. The van der Waals surface area contributed by atoms with Crippen LogP contribution in [0.1, 0.15) is 38.8 Å². The van der Waals surface area contributed by atoms with Gasteiger partial charge in [0, 0.05) is 27.7 Å². The number of ether oxygens (including phenoxy) is 6. The molecule has 12 nitrogen and oxygen atoms in total. The average Bonchev–Trinajstić information content (AvgIpc) is 2.75. The lowest BCUT2D eigenvalue weighted by Gasteiger charge is -2.43. The molecule has 34 heavy (non-hydrogen) atoms. The summed E-state index contributed by atoms with van der Waals surface area (Å²) in [6.45, 7) is 4.06. The zero-order valence-electron chi connectivity index (χ0n) is 18.8. The minimum Gasteiger partial charge on any atom is -0.463 e. The molecule has 0 N–H and O–H groups in total. The van der Waals surface area contributed by atoms with Gasteiger partial charge in [-0.05, 0) is 18.2 Å². The summed E-state index contributed by atoms with van der Waals surface area (Å²) in [5.74, 6) is -2.91. The zero-order chi connectivity index (χ0) is 25.4. The lowest BCUT2D eigenvalue weighted by molar-refractivity contribution is -0.288. The van der Waals surface area contributed by atoms with Gasteiger partial charge in [-0.1, -0.05) is 0 Å². The van der Waals surface area contributed by atoms with Crippen LogP contribution < -0.4 is 4.74 Å². The smallest absolute Gasteiger partial charge is 0.303 e. The van der Waals surface area contributed by atoms with Crippen molar-refractivity contribution in [3.63, 3.8) is 0 Å². The molecule has 0 spiro atoms. The molecule has 1 aliphatic heterocycles. The first-order valence-corrected chi connectivity index (χ1v) is 9.97. The number of nitrogens with zero attached hydrogens (tertiary/aromatic N) is 2. The fraction of sp³-hybridized carbons (Fsp3) is 0.455. The Kier molecular flexibility index (Phi) is 8.93. The minimum absolute atomic E-state index is 0.0191. The molecule has 0 unspecified atom stereocenters. The summed E-state index contributed by atoms with van der Waals surface area (Å²) in [5.41, 5.74) is 0.127. The van der Waals surface area contributed by atoms with Gasteiger partial charge in [-0.2, -0.15) is 10.5 Å². The highest BCUT2D eigenvalue weighted by Gasteiger charge is 2.53. The van der Waals surface area contributed by atoms with Gasteiger partial charge in [0.2, 0.25) is 12.4 Å². The van der Waals surface area contributed by atoms with E-state index in [0.717, 1.165) is 27.7 Å². The van der Waals surface area contributed by atoms with Gasteiger partial charge in [0.1, 0.15) is 30.6 Å². The number of nitriles is 2. The van der Waals surface area contributed by atoms with Crippen molar-refractivity contribution in [1.29, 1.82) is 10.5 Å². The molecule has 2 rings (SSSR count). The van der Waals surface area contributed by atoms with Crippen molar-refractivity contribution in [2.24, 2.45) is 0 Å². The Balaban J connectivity index is 2.50. The van der Waals surface area contributed by atoms with E-state index >= 15 is 0 Å². The summed E-state index contributed by atoms with van der Waals surface area (Å²) >= 11 is 0. The van der Waals surface area contributed by atoms with Crippen molar-refractivity contribution in [1.82, 2.24) is 0 Å². The predicted molar refractivity (Wildman–Crippen MR) is 108 cm³/mol. The molecule has 1 aliphatic rings. The number of rotatable bonds is 7. The monoisotopic (exact) mass is 474 g/mol. The molecule has 0 amide bonds. The Bertz CT molecular complexity index is 1040. The SMILES string of the molecule is CC(=O)OC[C@@H]1O[C@@H](Oc2ccc(C#N)c(C#N)c2)[C@@H](OC(C)=O)[C@H](OC(C)=O)[C@H]1OC(C)=O. The summed E-state index contributed by atoms with van der Waals surface area (Å²) in [6, 6.07) is 7.73. The molecule has 1 heterocycles. The normalized spacial score (nSPS) is 23.4. The van der Waals surface area contributed by atoms with Crippen molar-refractivity contribution in [2.45, 2.75) is 58.4 Å². The fourth-order valence-electron chi connectivity index (χ4n) is 3.20. The fourth-order valence-corrected chi connectivity index (χ4v) is 3.20. The molecule has 0 aliphatic carbocycles. The van der Waals surface area contributed by atoms with E-state index in [0.29, 0.717) is 0 Å². The highest BCUT2D eigenvalue weighted by atomic mass is 16.7. The van der Waals surface area contributed by atoms with E-state index in [1.54, 1.807) is 0 Å². The molecular formula is C22H22N2O10. The van der Waals surface area contributed by atoms with Crippen LogP contribution in [0.25, 0.3) is 0 Å². The highest BCUT2D eigenvalue weighted by molar-refractivity contribution is 5.68. The van der Waals surface area contributed by atoms with Crippen molar-refractivity contribution < 1.29 is 47.6 Å². The molecule has 1 aromatic carbocycles. The molecule has 0 radical (unpaired) electrons. The van der Waals surface area contributed by atoms with E-state index in [9.17, 15) is 24.4 Å². The molecular weight excluding hydrogens is 452 g/mol. The molecule has 180 valence electrons. The van der Waals surface area contributed by atoms with Crippen molar-refractivity contribution in [3.05, 3.63) is 29.3 Å². The van der Waals surface area contributed by atoms with Crippen LogP contribution in [0.5, 0.6) is 5.75 Å². The van der Waals surface area contributed by atoms with Crippen LogP contribution in [0.4, 0.5) is 0 Å². The van der Waals surface area contributed by atoms with Gasteiger partial charge in [-0.15, -0.1) is 0 Å². The van der Waals surface area contributed by atoms with Crippen LogP contribution >= 0.6 is 0 Å². The maximum Gasteiger partial charge on any atom is 0.303 e. The van der Waals surface area contributed by atoms with Crippen molar-refractivity contribution >= 4 is 23.9 Å². The van der Waals surface area contributed by atoms with Gasteiger partial charge in [0.05, 0.1) is 11.1 Å². The molecule has 0 bridgehead atoms. The zero-order valence-corrected chi connectivity index (χ0v) is 18.8. The summed E-state index contributed by atoms with van der Waals surface area (Å²) in [5, 5.41) is 18.4. The van der Waals surface area contributed by atoms with Crippen LogP contribution in [-0.2, 0) is 42.9 Å². The second kappa shape index (κ2) is 11.6. The number of hydrogen-bond acceptors (Lipinski definition) is 12. The molecule has 5 atom stereocenters. The Morgan fingerprint density at radius 2 is 1.38 bits per heavy atom. The third kappa shape index (κ3) is 6.92. The Morgan fingerprint density at radius 3 is 1.91 bits per heavy atom. The molecule has 0 saturated carbocycles. The molecule has 1 fully saturated rings. The Labute approximate surface area is 194 Å². The number of benzene rings is 1. The van der Waals surface area contributed by atoms with E-state index in [1.807, 2.05) is 12.1 Å². The van der Waals surface area contributed by atoms with Crippen LogP contribution in [0, 0.1) is 22.7 Å². The number of hydrogen-bond donors (Lipinski definition) is 0. The molecule has 1 aromatic rings. The van der Waals surface area contributed by atoms with Gasteiger partial charge in [-0.25, -0.2) is 0 Å². The standard InChI is InChI=1S/C22H22N2O10/c1-11(25)29-10-18-19(30-12(2)26)20(31-13(3)27)21(32-14(4)28)22(34-18)33-17-6-5-15(8-23)16(7-17)9-24/h5-7,18-22H,10H2,1-4H3/t18-,19-,20+,21-,22+/m0/s1. The largest absolute Gasteiger partial charge is 0.463 e. The second-order valence-electron chi connectivity index (χ2n) is 7.12. The first-order valence-electron chi connectivity index (χ1n) is 9.97. The van der Waals surface area contributed by atoms with Gasteiger partial charge < -0.3 is 28.4 Å². The Morgan fingerprint density at radius 1 is 0.824 bits per heavy atom. The number of carbonyl (C=O) groups is 4. The second-order valence-corrected chi connectivity index (χ2v) is 7.12. The first-order chi connectivity index (χ1) is 16.0. The van der Waals surface area contributed by atoms with Crippen molar-refractivity contribution in [3.8, 4) is 17.9 Å². The maximum absolute atomic E-state index is 11.8. The lowest BCUT2D eigenvalue weighted by Crippen LogP contribution is -2.63. The van der Waals surface area contributed by atoms with Crippen LogP contribution in [0.2, 0.25) is 0 Å². The summed E-state index contributed by atoms with van der Waals surface area (Å²) in [4.78, 5) is 46.7. The minimum atomic E-state index is -1.44. The number of carbonyl (C=O) groups excluding carboxylic acids is 4. The van der Waals surface area contributed by atoms with E-state index in [-0.39, 0.29) is 16.9 Å². The topological polar surface area (TPSA) is 171 Å². The third-order valence-electron chi connectivity index (χ3n) is 4.43. The van der Waals surface area contributed by atoms with Gasteiger partial charge in [0.25, 0.3) is 0 Å². The van der Waals surface area contributed by atoms with Gasteiger partial charge >= 0.3 is 23.9 Å². The van der Waals surface area contributed by atoms with Gasteiger partial charge in [0.15, 0.2) is 12.2 Å². The van der Waals surface area contributed by atoms with E-state index in [1.165, 1.54) is 18.2 Å². The Hall–Kier alpha value is -4.16. The van der Waals surface area contributed by atoms with Crippen molar-refractivity contribution in [2.75, 3.05) is 6.61 Å². The lowest BCUT2D eigenvalue weighted by atomic mass is 9.98. The quantitative estimate of drug-likeness (QED) is 0.404. The summed E-state index contributed by atoms with van der Waals surface area (Å²) < 4.78 is 32.5. The van der Waals surface area contributed by atoms with E-state index in [4.69, 9.17) is 33.7 Å². The number of esters is 4. The highest BCUT2D eigenvalue weighted by Crippen LogP contribution is 2.31. The van der Waals surface area contributed by atoms with E-state index in [2.05, 4.69) is 0 Å².